The molecule has 0 saturated carbocycles. The molecule has 0 aliphatic carbocycles. The predicted molar refractivity (Wildman–Crippen MR) is 189 cm³/mol. The molecule has 1 amide bonds. The normalized spacial score (nSPS) is 19.7. The van der Waals surface area contributed by atoms with Gasteiger partial charge in [0.25, 0.3) is 5.56 Å². The third-order valence-corrected chi connectivity index (χ3v) is 10.1. The monoisotopic (exact) mass is 679 g/mol. The molecule has 252 valence electrons. The lowest BCUT2D eigenvalue weighted by Gasteiger charge is -2.42. The molecular formula is C36H38ClN9O3. The summed E-state index contributed by atoms with van der Waals surface area (Å²) < 4.78 is 7.43. The number of carbonyl (C=O) groups is 1. The van der Waals surface area contributed by atoms with Gasteiger partial charge < -0.3 is 24.3 Å². The van der Waals surface area contributed by atoms with Gasteiger partial charge in [-0.15, -0.1) is 0 Å². The van der Waals surface area contributed by atoms with Gasteiger partial charge in [0.15, 0.2) is 0 Å². The van der Waals surface area contributed by atoms with Crippen molar-refractivity contribution in [2.75, 3.05) is 56.2 Å². The first-order valence-corrected chi connectivity index (χ1v) is 17.1. The van der Waals surface area contributed by atoms with Gasteiger partial charge >= 0.3 is 6.01 Å². The Bertz CT molecular complexity index is 1990. The van der Waals surface area contributed by atoms with Crippen molar-refractivity contribution in [3.8, 4) is 12.1 Å². The number of benzene rings is 2. The molecule has 7 rings (SSSR count). The molecule has 3 aliphatic rings. The fourth-order valence-electron chi connectivity index (χ4n) is 7.15. The van der Waals surface area contributed by atoms with Gasteiger partial charge in [-0.2, -0.15) is 20.3 Å². The second-order valence-electron chi connectivity index (χ2n) is 12.7. The zero-order valence-corrected chi connectivity index (χ0v) is 28.2. The Morgan fingerprint density at radius 2 is 1.92 bits per heavy atom. The van der Waals surface area contributed by atoms with Crippen LogP contribution < -0.4 is 20.1 Å². The molecule has 2 saturated heterocycles. The van der Waals surface area contributed by atoms with Gasteiger partial charge in [-0.3, -0.25) is 9.59 Å². The zero-order valence-electron chi connectivity index (χ0n) is 27.4. The number of amides is 1. The van der Waals surface area contributed by atoms with E-state index in [9.17, 15) is 14.9 Å². The molecule has 13 heteroatoms. The Balaban J connectivity index is 1.18. The number of rotatable bonds is 8. The van der Waals surface area contributed by atoms with Crippen molar-refractivity contribution in [2.45, 2.75) is 44.3 Å². The van der Waals surface area contributed by atoms with Gasteiger partial charge in [0.1, 0.15) is 12.4 Å². The van der Waals surface area contributed by atoms with Crippen LogP contribution in [0.25, 0.3) is 17.0 Å². The van der Waals surface area contributed by atoms with E-state index >= 15 is 0 Å². The van der Waals surface area contributed by atoms with Gasteiger partial charge in [-0.1, -0.05) is 35.9 Å². The first kappa shape index (κ1) is 32.6. The Morgan fingerprint density at radius 3 is 2.71 bits per heavy atom. The average Bonchev–Trinajstić information content (AvgIpc) is 3.53. The molecule has 2 aromatic heterocycles. The summed E-state index contributed by atoms with van der Waals surface area (Å²) in [5.41, 5.74) is 2.68. The number of anilines is 2. The van der Waals surface area contributed by atoms with Crippen molar-refractivity contribution in [2.24, 2.45) is 0 Å². The van der Waals surface area contributed by atoms with Gasteiger partial charge in [-0.25, -0.2) is 4.68 Å². The number of ether oxygens (including phenoxy) is 1. The number of likely N-dealkylation sites (N-methyl/N-ethyl adjacent to an activating group) is 1. The highest BCUT2D eigenvalue weighted by Crippen LogP contribution is 2.37. The molecule has 4 aromatic rings. The summed E-state index contributed by atoms with van der Waals surface area (Å²) in [6, 6.07) is 17.7. The summed E-state index contributed by atoms with van der Waals surface area (Å²) >= 11 is 6.72. The second-order valence-corrected chi connectivity index (χ2v) is 13.2. The Hall–Kier alpha value is -4.99. The minimum Gasteiger partial charge on any atom is -0.462 e. The molecule has 2 aromatic carbocycles. The van der Waals surface area contributed by atoms with Crippen molar-refractivity contribution in [1.82, 2.24) is 29.5 Å². The number of piperazine rings is 1. The first-order valence-electron chi connectivity index (χ1n) is 16.7. The topological polar surface area (TPSA) is 124 Å². The number of halogens is 1. The number of likely N-dealkylation sites (tertiary alicyclic amines) is 1. The summed E-state index contributed by atoms with van der Waals surface area (Å²) in [5, 5.41) is 16.5. The molecule has 2 fully saturated rings. The largest absolute Gasteiger partial charge is 0.462 e. The lowest BCUT2D eigenvalue weighted by atomic mass is 10.0. The Morgan fingerprint density at radius 1 is 1.06 bits per heavy atom. The zero-order chi connectivity index (χ0) is 33.9. The average molecular weight is 680 g/mol. The van der Waals surface area contributed by atoms with Gasteiger partial charge in [0.2, 0.25) is 5.91 Å². The number of hydrogen-bond donors (Lipinski definition) is 0. The summed E-state index contributed by atoms with van der Waals surface area (Å²) in [7, 11) is 2.12. The number of fused-ring (bicyclic) bond motifs is 2. The van der Waals surface area contributed by atoms with Crippen LogP contribution in [0.4, 0.5) is 11.5 Å². The number of nitriles is 1. The quantitative estimate of drug-likeness (QED) is 0.253. The van der Waals surface area contributed by atoms with Crippen LogP contribution in [-0.2, 0) is 17.8 Å². The van der Waals surface area contributed by atoms with Crippen LogP contribution in [0, 0.1) is 11.3 Å². The number of carbonyl (C=O) groups excluding carboxylic acids is 1. The molecule has 0 unspecified atom stereocenters. The van der Waals surface area contributed by atoms with Crippen molar-refractivity contribution in [1.29, 1.82) is 5.26 Å². The first-order chi connectivity index (χ1) is 23.9. The Kier molecular flexibility index (Phi) is 9.46. The molecular weight excluding hydrogens is 642 g/mol. The third kappa shape index (κ3) is 6.82. The van der Waals surface area contributed by atoms with E-state index in [2.05, 4.69) is 57.2 Å². The molecule has 12 nitrogen and oxygen atoms in total. The summed E-state index contributed by atoms with van der Waals surface area (Å²) in [6.07, 6.45) is 7.25. The summed E-state index contributed by atoms with van der Waals surface area (Å²) in [4.78, 5) is 43.9. The van der Waals surface area contributed by atoms with Gasteiger partial charge in [0, 0.05) is 73.4 Å². The molecule has 3 aliphatic heterocycles. The van der Waals surface area contributed by atoms with Crippen molar-refractivity contribution < 1.29 is 9.53 Å². The maximum Gasteiger partial charge on any atom is 0.318 e. The molecule has 0 spiro atoms. The van der Waals surface area contributed by atoms with E-state index in [1.165, 1.54) is 24.5 Å². The fourth-order valence-corrected chi connectivity index (χ4v) is 7.43. The minimum absolute atomic E-state index is 0.153. The number of hydrogen-bond acceptors (Lipinski definition) is 10. The molecule has 2 atom stereocenters. The molecule has 49 heavy (non-hydrogen) atoms. The van der Waals surface area contributed by atoms with Crippen molar-refractivity contribution in [3.05, 3.63) is 87.4 Å². The minimum atomic E-state index is -0.378. The number of nitrogens with zero attached hydrogens (tertiary/aromatic N) is 9. The highest BCUT2D eigenvalue weighted by atomic mass is 35.5. The van der Waals surface area contributed by atoms with E-state index in [4.69, 9.17) is 26.3 Å². The maximum atomic E-state index is 13.3. The van der Waals surface area contributed by atoms with E-state index in [0.717, 1.165) is 64.1 Å². The van der Waals surface area contributed by atoms with Crippen LogP contribution >= 0.6 is 11.6 Å². The molecule has 0 radical (unpaired) electrons. The smallest absolute Gasteiger partial charge is 0.318 e. The highest BCUT2D eigenvalue weighted by Gasteiger charge is 2.34. The molecule has 0 bridgehead atoms. The lowest BCUT2D eigenvalue weighted by molar-refractivity contribution is -0.128. The maximum absolute atomic E-state index is 13.3. The van der Waals surface area contributed by atoms with Crippen molar-refractivity contribution in [3.63, 3.8) is 0 Å². The van der Waals surface area contributed by atoms with Crippen LogP contribution in [-0.4, -0.2) is 93.9 Å². The van der Waals surface area contributed by atoms with Crippen LogP contribution in [0.5, 0.6) is 6.01 Å². The second kappa shape index (κ2) is 14.2. The van der Waals surface area contributed by atoms with E-state index in [1.54, 1.807) is 11.0 Å². The van der Waals surface area contributed by atoms with Crippen molar-refractivity contribution >= 4 is 46.0 Å². The standard InChI is InChI=1S/C36H38ClN9O3/c1-42-17-5-8-27(42)24-49-36-40-30-23-43(31-10-3-7-25-6-2-9-29(37)34(25)31)18-13-28(30)35(41-36)44-20-21-45(26(22-44)12-15-38)32(47)14-19-46-33(48)11-4-16-39-46/h2-4,6-7,9-11,14,16,19,26-27H,5,8,12-13,17-18,20-24H2,1H3/b19-14+/t26-,27-/m0/s1. The van der Waals surface area contributed by atoms with Crippen LogP contribution in [0.3, 0.4) is 0 Å². The molecule has 5 heterocycles. The van der Waals surface area contributed by atoms with E-state index in [1.807, 2.05) is 12.1 Å². The van der Waals surface area contributed by atoms with E-state index in [-0.39, 0.29) is 23.9 Å². The van der Waals surface area contributed by atoms with Crippen LogP contribution in [0.2, 0.25) is 5.02 Å². The third-order valence-electron chi connectivity index (χ3n) is 9.76. The van der Waals surface area contributed by atoms with Gasteiger partial charge in [0.05, 0.1) is 35.8 Å². The molecule has 0 N–H and O–H groups in total. The Labute approximate surface area is 289 Å². The highest BCUT2D eigenvalue weighted by molar-refractivity contribution is 6.36. The predicted octanol–water partition coefficient (Wildman–Crippen LogP) is 3.98. The number of aromatic nitrogens is 4. The van der Waals surface area contributed by atoms with E-state index in [0.29, 0.717) is 56.3 Å². The van der Waals surface area contributed by atoms with Crippen LogP contribution in [0.15, 0.2) is 65.6 Å². The fraction of sp³-hybridized carbons (Fsp3) is 0.389. The van der Waals surface area contributed by atoms with Crippen LogP contribution in [0.1, 0.15) is 30.5 Å². The summed E-state index contributed by atoms with van der Waals surface area (Å²) in [6.45, 7) is 4.18. The van der Waals surface area contributed by atoms with Gasteiger partial charge in [-0.05, 0) is 56.4 Å². The SMILES string of the molecule is CN1CCC[C@H]1COc1nc2c(c(N3CCN(C(=O)/C=C/n4ncccc4=O)[C@@H](CC#N)C3)n1)CCN(c1cccc3cccc(Cl)c13)C2. The van der Waals surface area contributed by atoms with E-state index < -0.39 is 0 Å². The lowest BCUT2D eigenvalue weighted by Crippen LogP contribution is -2.55. The summed E-state index contributed by atoms with van der Waals surface area (Å²) in [5.74, 6) is 0.511.